The number of aromatic hydroxyl groups is 2. The van der Waals surface area contributed by atoms with Gasteiger partial charge in [0.15, 0.2) is 0 Å². The maximum Gasteiger partial charge on any atom is 0.131 e. The highest BCUT2D eigenvalue weighted by atomic mass is 16.3. The summed E-state index contributed by atoms with van der Waals surface area (Å²) in [5.74, 6) is 0.337. The predicted octanol–water partition coefficient (Wildman–Crippen LogP) is 9.02. The Morgan fingerprint density at radius 3 is 1.08 bits per heavy atom. The average molecular weight is 467 g/mol. The predicted molar refractivity (Wildman–Crippen MR) is 151 cm³/mol. The first-order chi connectivity index (χ1) is 17.5. The molecule has 0 unspecified atom stereocenters. The van der Waals surface area contributed by atoms with E-state index in [1.165, 1.54) is 11.1 Å². The van der Waals surface area contributed by atoms with Gasteiger partial charge in [0.2, 0.25) is 0 Å². The fraction of sp³-hybridized carbons (Fsp3) is 0.0588. The molecule has 0 radical (unpaired) electrons. The Balaban J connectivity index is 1.69. The van der Waals surface area contributed by atoms with Crippen LogP contribution in [0.2, 0.25) is 0 Å². The molecule has 2 nitrogen and oxygen atoms in total. The van der Waals surface area contributed by atoms with E-state index in [-0.39, 0.29) is 11.5 Å². The van der Waals surface area contributed by atoms with E-state index in [1.807, 2.05) is 60.7 Å². The van der Waals surface area contributed by atoms with E-state index in [0.29, 0.717) is 11.1 Å². The van der Waals surface area contributed by atoms with Crippen LogP contribution in [0.3, 0.4) is 0 Å². The number of rotatable bonds is 3. The van der Waals surface area contributed by atoms with Crippen molar-refractivity contribution in [2.24, 2.45) is 0 Å². The van der Waals surface area contributed by atoms with Crippen molar-refractivity contribution in [1.29, 1.82) is 0 Å². The van der Waals surface area contributed by atoms with Gasteiger partial charge in [0.05, 0.1) is 0 Å². The van der Waals surface area contributed by atoms with Crippen molar-refractivity contribution in [3.63, 3.8) is 0 Å². The minimum atomic E-state index is 0.168. The molecule has 2 N–H and O–H groups in total. The fourth-order valence-electron chi connectivity index (χ4n) is 5.07. The van der Waals surface area contributed by atoms with E-state index in [2.05, 4.69) is 62.4 Å². The van der Waals surface area contributed by atoms with Crippen LogP contribution in [0, 0.1) is 13.8 Å². The summed E-state index contributed by atoms with van der Waals surface area (Å²) in [7, 11) is 0. The second kappa shape index (κ2) is 8.58. The quantitative estimate of drug-likeness (QED) is 0.273. The molecule has 0 aliphatic carbocycles. The lowest BCUT2D eigenvalue weighted by molar-refractivity contribution is 0.475. The molecule has 2 heteroatoms. The summed E-state index contributed by atoms with van der Waals surface area (Å²) in [5.41, 5.74) is 7.77. The van der Waals surface area contributed by atoms with Crippen molar-refractivity contribution in [1.82, 2.24) is 0 Å². The van der Waals surface area contributed by atoms with Gasteiger partial charge in [-0.05, 0) is 59.0 Å². The maximum absolute atomic E-state index is 11.5. The Labute approximate surface area is 210 Å². The second-order valence-corrected chi connectivity index (χ2v) is 9.46. The summed E-state index contributed by atoms with van der Waals surface area (Å²) in [5, 5.41) is 26.5. The molecule has 0 heterocycles. The summed E-state index contributed by atoms with van der Waals surface area (Å²) >= 11 is 0. The Morgan fingerprint density at radius 1 is 0.389 bits per heavy atom. The minimum absolute atomic E-state index is 0.168. The van der Waals surface area contributed by atoms with Crippen LogP contribution in [0.5, 0.6) is 11.5 Å². The van der Waals surface area contributed by atoms with Crippen LogP contribution >= 0.6 is 0 Å². The highest BCUT2D eigenvalue weighted by Crippen LogP contribution is 2.48. The Hall–Kier alpha value is -4.56. The normalized spacial score (nSPS) is 11.3. The molecule has 6 aromatic carbocycles. The second-order valence-electron chi connectivity index (χ2n) is 9.46. The molecule has 0 saturated carbocycles. The highest BCUT2D eigenvalue weighted by molar-refractivity contribution is 6.09. The summed E-state index contributed by atoms with van der Waals surface area (Å²) in [6, 6.07) is 36.6. The smallest absolute Gasteiger partial charge is 0.131 e. The minimum Gasteiger partial charge on any atom is -0.507 e. The highest BCUT2D eigenvalue weighted by Gasteiger charge is 2.20. The van der Waals surface area contributed by atoms with Gasteiger partial charge in [0.1, 0.15) is 11.5 Å². The first-order valence-corrected chi connectivity index (χ1v) is 12.1. The lowest BCUT2D eigenvalue weighted by Gasteiger charge is -2.18. The van der Waals surface area contributed by atoms with Crippen molar-refractivity contribution in [3.05, 3.63) is 120 Å². The molecule has 0 aliphatic rings. The Kier molecular flexibility index (Phi) is 5.23. The summed E-state index contributed by atoms with van der Waals surface area (Å²) in [4.78, 5) is 0. The molecule has 0 amide bonds. The molecule has 0 spiro atoms. The van der Waals surface area contributed by atoms with Crippen molar-refractivity contribution < 1.29 is 10.2 Å². The summed E-state index contributed by atoms with van der Waals surface area (Å²) in [6.45, 7) is 4.15. The topological polar surface area (TPSA) is 40.5 Å². The molecule has 6 rings (SSSR count). The van der Waals surface area contributed by atoms with Gasteiger partial charge >= 0.3 is 0 Å². The maximum atomic E-state index is 11.5. The van der Waals surface area contributed by atoms with Crippen molar-refractivity contribution in [2.45, 2.75) is 13.8 Å². The van der Waals surface area contributed by atoms with Gasteiger partial charge in [0, 0.05) is 21.9 Å². The number of hydrogen-bond acceptors (Lipinski definition) is 2. The molecule has 0 aromatic heterocycles. The fourth-order valence-corrected chi connectivity index (χ4v) is 5.07. The average Bonchev–Trinajstić information content (AvgIpc) is 2.91. The lowest BCUT2D eigenvalue weighted by atomic mass is 9.88. The van der Waals surface area contributed by atoms with Crippen LogP contribution in [0.4, 0.5) is 0 Å². The third-order valence-electron chi connectivity index (χ3n) is 7.05. The van der Waals surface area contributed by atoms with Gasteiger partial charge < -0.3 is 10.2 Å². The van der Waals surface area contributed by atoms with Gasteiger partial charge in [-0.2, -0.15) is 0 Å². The van der Waals surface area contributed by atoms with Crippen LogP contribution in [0.1, 0.15) is 11.1 Å². The molecular weight excluding hydrogens is 440 g/mol. The summed E-state index contributed by atoms with van der Waals surface area (Å²) in [6.07, 6.45) is 0. The number of phenolic OH excluding ortho intramolecular Hbond substituents is 2. The number of benzene rings is 6. The van der Waals surface area contributed by atoms with Gasteiger partial charge in [-0.15, -0.1) is 0 Å². The first kappa shape index (κ1) is 21.9. The third-order valence-corrected chi connectivity index (χ3v) is 7.05. The van der Waals surface area contributed by atoms with E-state index < -0.39 is 0 Å². The molecule has 174 valence electrons. The Morgan fingerprint density at radius 2 is 0.722 bits per heavy atom. The van der Waals surface area contributed by atoms with E-state index in [1.54, 1.807) is 0 Å². The summed E-state index contributed by atoms with van der Waals surface area (Å²) < 4.78 is 0. The lowest BCUT2D eigenvalue weighted by Crippen LogP contribution is -1.91. The Bertz CT molecular complexity index is 1610. The molecule has 0 atom stereocenters. The van der Waals surface area contributed by atoms with Crippen molar-refractivity contribution in [3.8, 4) is 44.9 Å². The molecule has 0 fully saturated rings. The van der Waals surface area contributed by atoms with Crippen LogP contribution in [-0.4, -0.2) is 10.2 Å². The van der Waals surface area contributed by atoms with Gasteiger partial charge in [-0.3, -0.25) is 0 Å². The van der Waals surface area contributed by atoms with Gasteiger partial charge in [-0.25, -0.2) is 0 Å². The van der Waals surface area contributed by atoms with Crippen molar-refractivity contribution >= 4 is 21.5 Å². The van der Waals surface area contributed by atoms with E-state index in [9.17, 15) is 10.2 Å². The number of phenols is 2. The van der Waals surface area contributed by atoms with Gasteiger partial charge in [-0.1, -0.05) is 108 Å². The molecule has 36 heavy (non-hydrogen) atoms. The zero-order chi connectivity index (χ0) is 24.8. The zero-order valence-corrected chi connectivity index (χ0v) is 20.3. The van der Waals surface area contributed by atoms with Gasteiger partial charge in [0.25, 0.3) is 0 Å². The first-order valence-electron chi connectivity index (χ1n) is 12.1. The number of hydrogen-bond donors (Lipinski definition) is 2. The molecule has 6 aromatic rings. The third kappa shape index (κ3) is 3.59. The number of fused-ring (bicyclic) bond motifs is 2. The molecule has 0 bridgehead atoms. The molecule has 0 aliphatic heterocycles. The molecule has 0 saturated heterocycles. The van der Waals surface area contributed by atoms with Crippen molar-refractivity contribution in [2.75, 3.05) is 0 Å². The van der Waals surface area contributed by atoms with Crippen LogP contribution in [-0.2, 0) is 0 Å². The van der Waals surface area contributed by atoms with Crippen LogP contribution in [0.25, 0.3) is 54.9 Å². The number of aryl methyl sites for hydroxylation is 2. The van der Waals surface area contributed by atoms with E-state index in [4.69, 9.17) is 0 Å². The van der Waals surface area contributed by atoms with E-state index >= 15 is 0 Å². The zero-order valence-electron chi connectivity index (χ0n) is 20.3. The SMILES string of the molecule is Cc1ccc(-c2cc(-c3cc(-c4ccc(C)cc4)c4ccccc4c3O)c(O)c3ccccc23)cc1. The van der Waals surface area contributed by atoms with Crippen LogP contribution < -0.4 is 0 Å². The van der Waals surface area contributed by atoms with Crippen LogP contribution in [0.15, 0.2) is 109 Å². The van der Waals surface area contributed by atoms with E-state index in [0.717, 1.165) is 43.8 Å². The molecular formula is C34H26O2. The standard InChI is InChI=1S/C34H26O2/c1-21-11-15-23(16-12-21)29-19-31(33(35)27-9-5-3-7-25(27)29)32-20-30(24-17-13-22(2)14-18-24)26-8-4-6-10-28(26)34(32)36/h3-20,35-36H,1-2H3. The largest absolute Gasteiger partial charge is 0.507 e. The monoisotopic (exact) mass is 466 g/mol.